The predicted molar refractivity (Wildman–Crippen MR) is 99.6 cm³/mol. The van der Waals surface area contributed by atoms with Gasteiger partial charge in [-0.1, -0.05) is 0 Å². The fraction of sp³-hybridized carbons (Fsp3) is 0.350. The van der Waals surface area contributed by atoms with E-state index in [0.717, 1.165) is 30.7 Å². The first kappa shape index (κ1) is 16.6. The van der Waals surface area contributed by atoms with E-state index in [9.17, 15) is 5.11 Å². The molecule has 4 rings (SSSR count). The van der Waals surface area contributed by atoms with Crippen LogP contribution in [0.5, 0.6) is 5.75 Å². The van der Waals surface area contributed by atoms with Crippen LogP contribution in [0.4, 0.5) is 0 Å². The highest BCUT2D eigenvalue weighted by Gasteiger charge is 2.18. The molecule has 3 aromatic rings. The number of benzene rings is 1. The summed E-state index contributed by atoms with van der Waals surface area (Å²) in [4.78, 5) is 2.38. The van der Waals surface area contributed by atoms with Gasteiger partial charge in [-0.15, -0.1) is 10.2 Å². The number of piperidine rings is 1. The normalized spacial score (nSPS) is 16.0. The highest BCUT2D eigenvalue weighted by Crippen LogP contribution is 2.30. The fourth-order valence-electron chi connectivity index (χ4n) is 3.61. The van der Waals surface area contributed by atoms with Gasteiger partial charge >= 0.3 is 0 Å². The maximum absolute atomic E-state index is 10.2. The van der Waals surface area contributed by atoms with Gasteiger partial charge in [0.1, 0.15) is 5.75 Å². The second-order valence-electron chi connectivity index (χ2n) is 7.07. The molecule has 1 N–H and O–H groups in total. The van der Waals surface area contributed by atoms with Crippen LogP contribution in [0, 0.1) is 17.2 Å². The van der Waals surface area contributed by atoms with Crippen LogP contribution < -0.4 is 0 Å². The first-order chi connectivity index (χ1) is 12.6. The monoisotopic (exact) mass is 347 g/mol. The van der Waals surface area contributed by atoms with Crippen molar-refractivity contribution in [3.8, 4) is 23.1 Å². The first-order valence-electron chi connectivity index (χ1n) is 8.88. The van der Waals surface area contributed by atoms with Crippen molar-refractivity contribution >= 4 is 11.0 Å². The molecule has 0 unspecified atom stereocenters. The number of likely N-dealkylation sites (tertiary alicyclic amines) is 1. The summed E-state index contributed by atoms with van der Waals surface area (Å²) in [5.41, 5.74) is 2.49. The maximum Gasteiger partial charge on any atom is 0.162 e. The molecule has 0 radical (unpaired) electrons. The number of nitrogens with zero attached hydrogens (tertiary/aromatic N) is 5. The maximum atomic E-state index is 10.2. The molecule has 1 aliphatic heterocycles. The van der Waals surface area contributed by atoms with E-state index in [1.807, 2.05) is 18.2 Å². The minimum atomic E-state index is 0.0449. The molecule has 0 atom stereocenters. The van der Waals surface area contributed by atoms with Crippen molar-refractivity contribution in [3.05, 3.63) is 42.1 Å². The average molecular weight is 347 g/mol. The largest absolute Gasteiger partial charge is 0.507 e. The fourth-order valence-corrected chi connectivity index (χ4v) is 3.61. The van der Waals surface area contributed by atoms with Crippen molar-refractivity contribution in [2.45, 2.75) is 19.4 Å². The lowest BCUT2D eigenvalue weighted by molar-refractivity contribution is 0.206. The van der Waals surface area contributed by atoms with Crippen LogP contribution in [0.15, 0.2) is 36.5 Å². The number of aromatic hydroxyl groups is 1. The summed E-state index contributed by atoms with van der Waals surface area (Å²) in [5.74, 6) is 0.717. The van der Waals surface area contributed by atoms with Crippen molar-refractivity contribution < 1.29 is 5.11 Å². The molecule has 132 valence electrons. The van der Waals surface area contributed by atoms with Gasteiger partial charge in [-0.2, -0.15) is 5.26 Å². The van der Waals surface area contributed by atoms with E-state index in [1.54, 1.807) is 12.1 Å². The molecule has 2 aromatic heterocycles. The molecule has 1 aliphatic rings. The Bertz CT molecular complexity index is 980. The number of phenolic OH excluding ortho intramolecular Hbond substituents is 1. The Balaban J connectivity index is 1.60. The topological polar surface area (TPSA) is 78.0 Å². The Labute approximate surface area is 152 Å². The van der Waals surface area contributed by atoms with Gasteiger partial charge in [-0.05, 0) is 69.2 Å². The molecule has 0 spiro atoms. The third kappa shape index (κ3) is 3.14. The second kappa shape index (κ2) is 6.77. The van der Waals surface area contributed by atoms with Crippen molar-refractivity contribution in [1.82, 2.24) is 19.7 Å². The first-order valence-corrected chi connectivity index (χ1v) is 8.88. The Morgan fingerprint density at radius 3 is 2.73 bits per heavy atom. The van der Waals surface area contributed by atoms with E-state index in [1.165, 1.54) is 18.9 Å². The van der Waals surface area contributed by atoms with E-state index in [4.69, 9.17) is 5.26 Å². The highest BCUT2D eigenvalue weighted by molar-refractivity contribution is 5.81. The summed E-state index contributed by atoms with van der Waals surface area (Å²) in [6, 6.07) is 10.8. The Kier molecular flexibility index (Phi) is 4.31. The summed E-state index contributed by atoms with van der Waals surface area (Å²) in [6.07, 6.45) is 4.49. The van der Waals surface area contributed by atoms with Crippen LogP contribution in [0.25, 0.3) is 22.3 Å². The standard InChI is InChI=1S/C20H21N5O/c1-24-7-4-14(5-8-24)13-25-9-6-16-11-18(22-23-20(16)25)17-3-2-15(12-21)10-19(17)26/h2-3,6,9-11,14,26H,4-5,7-8,13H2,1H3. The summed E-state index contributed by atoms with van der Waals surface area (Å²) >= 11 is 0. The predicted octanol–water partition coefficient (Wildman–Crippen LogP) is 3.02. The van der Waals surface area contributed by atoms with E-state index >= 15 is 0 Å². The molecular weight excluding hydrogens is 326 g/mol. The van der Waals surface area contributed by atoms with Gasteiger partial charge in [0, 0.05) is 23.7 Å². The minimum absolute atomic E-state index is 0.0449. The Morgan fingerprint density at radius 1 is 1.19 bits per heavy atom. The third-order valence-corrected chi connectivity index (χ3v) is 5.20. The van der Waals surface area contributed by atoms with Crippen LogP contribution in [0.3, 0.4) is 0 Å². The van der Waals surface area contributed by atoms with Crippen LogP contribution in [-0.2, 0) is 6.54 Å². The molecule has 0 amide bonds. The summed E-state index contributed by atoms with van der Waals surface area (Å²) in [5, 5.41) is 28.8. The molecular formula is C20H21N5O. The Morgan fingerprint density at radius 2 is 2.00 bits per heavy atom. The van der Waals surface area contributed by atoms with Crippen molar-refractivity contribution in [2.24, 2.45) is 5.92 Å². The lowest BCUT2D eigenvalue weighted by atomic mass is 9.97. The third-order valence-electron chi connectivity index (χ3n) is 5.20. The molecule has 0 bridgehead atoms. The van der Waals surface area contributed by atoms with Crippen LogP contribution in [-0.4, -0.2) is 44.9 Å². The Hall–Kier alpha value is -2.91. The van der Waals surface area contributed by atoms with Gasteiger partial charge in [0.25, 0.3) is 0 Å². The zero-order valence-corrected chi connectivity index (χ0v) is 14.8. The number of rotatable bonds is 3. The van der Waals surface area contributed by atoms with E-state index in [2.05, 4.69) is 32.9 Å². The average Bonchev–Trinajstić information content (AvgIpc) is 3.05. The second-order valence-corrected chi connectivity index (χ2v) is 7.07. The molecule has 1 saturated heterocycles. The van der Waals surface area contributed by atoms with Crippen molar-refractivity contribution in [3.63, 3.8) is 0 Å². The molecule has 1 aromatic carbocycles. The number of aromatic nitrogens is 3. The molecule has 0 aliphatic carbocycles. The number of hydrogen-bond donors (Lipinski definition) is 1. The van der Waals surface area contributed by atoms with Gasteiger partial charge in [-0.3, -0.25) is 0 Å². The van der Waals surface area contributed by atoms with Gasteiger partial charge in [0.05, 0.1) is 17.3 Å². The van der Waals surface area contributed by atoms with Crippen LogP contribution in [0.1, 0.15) is 18.4 Å². The summed E-state index contributed by atoms with van der Waals surface area (Å²) in [7, 11) is 2.17. The summed E-state index contributed by atoms with van der Waals surface area (Å²) in [6.45, 7) is 3.27. The van der Waals surface area contributed by atoms with E-state index in [-0.39, 0.29) is 5.75 Å². The van der Waals surface area contributed by atoms with Gasteiger partial charge in [0.15, 0.2) is 5.65 Å². The highest BCUT2D eigenvalue weighted by atomic mass is 16.3. The quantitative estimate of drug-likeness (QED) is 0.788. The van der Waals surface area contributed by atoms with Gasteiger partial charge in [0.2, 0.25) is 0 Å². The zero-order chi connectivity index (χ0) is 18.1. The smallest absolute Gasteiger partial charge is 0.162 e. The number of hydrogen-bond acceptors (Lipinski definition) is 5. The van der Waals surface area contributed by atoms with E-state index < -0.39 is 0 Å². The number of phenols is 1. The SMILES string of the molecule is CN1CCC(Cn2ccc3cc(-c4ccc(C#N)cc4O)nnc32)CC1. The molecule has 0 saturated carbocycles. The lowest BCUT2D eigenvalue weighted by Gasteiger charge is -2.29. The van der Waals surface area contributed by atoms with Crippen LogP contribution in [0.2, 0.25) is 0 Å². The molecule has 3 heterocycles. The number of fused-ring (bicyclic) bond motifs is 1. The minimum Gasteiger partial charge on any atom is -0.507 e. The summed E-state index contributed by atoms with van der Waals surface area (Å²) < 4.78 is 2.18. The lowest BCUT2D eigenvalue weighted by Crippen LogP contribution is -2.31. The van der Waals surface area contributed by atoms with Crippen molar-refractivity contribution in [1.29, 1.82) is 5.26 Å². The molecule has 26 heavy (non-hydrogen) atoms. The van der Waals surface area contributed by atoms with Crippen LogP contribution >= 0.6 is 0 Å². The van der Waals surface area contributed by atoms with E-state index in [0.29, 0.717) is 22.7 Å². The molecule has 6 heteroatoms. The molecule has 1 fully saturated rings. The van der Waals surface area contributed by atoms with Gasteiger partial charge < -0.3 is 14.6 Å². The van der Waals surface area contributed by atoms with Gasteiger partial charge in [-0.25, -0.2) is 0 Å². The zero-order valence-electron chi connectivity index (χ0n) is 14.8. The molecule has 6 nitrogen and oxygen atoms in total. The number of nitriles is 1. The van der Waals surface area contributed by atoms with Crippen molar-refractivity contribution in [2.75, 3.05) is 20.1 Å².